The monoisotopic (exact) mass is 459 g/mol. The highest BCUT2D eigenvalue weighted by atomic mass is 35.5. The molecule has 1 fully saturated rings. The minimum absolute atomic E-state index is 0.0621. The van der Waals surface area contributed by atoms with Gasteiger partial charge in [-0.2, -0.15) is 0 Å². The molecule has 0 saturated heterocycles. The molecule has 0 bridgehead atoms. The molecule has 32 heavy (non-hydrogen) atoms. The lowest BCUT2D eigenvalue weighted by Gasteiger charge is -2.37. The SMILES string of the molecule is CCOC(=O)C1(C(=O)Nc2cc(C)c(Oc3cc(Cl)c(O)c(C(C)C)c3)c(C)c2)CCC1. The molecule has 6 nitrogen and oxygen atoms in total. The summed E-state index contributed by atoms with van der Waals surface area (Å²) < 4.78 is 11.3. The van der Waals surface area contributed by atoms with Gasteiger partial charge in [-0.15, -0.1) is 0 Å². The van der Waals surface area contributed by atoms with Crippen LogP contribution in [-0.2, 0) is 14.3 Å². The minimum atomic E-state index is -1.09. The molecule has 2 aromatic rings. The number of rotatable bonds is 7. The van der Waals surface area contributed by atoms with E-state index in [4.69, 9.17) is 21.1 Å². The summed E-state index contributed by atoms with van der Waals surface area (Å²) in [5, 5.41) is 13.3. The highest BCUT2D eigenvalue weighted by Gasteiger charge is 2.52. The maximum atomic E-state index is 12.9. The molecule has 0 unspecified atom stereocenters. The lowest BCUT2D eigenvalue weighted by molar-refractivity contribution is -0.165. The molecule has 2 N–H and O–H groups in total. The van der Waals surface area contributed by atoms with Crippen molar-refractivity contribution in [2.24, 2.45) is 5.41 Å². The Kier molecular flexibility index (Phi) is 7.03. The van der Waals surface area contributed by atoms with Gasteiger partial charge in [-0.05, 0) is 68.9 Å². The Balaban J connectivity index is 1.83. The first-order valence-electron chi connectivity index (χ1n) is 10.9. The molecule has 0 heterocycles. The van der Waals surface area contributed by atoms with E-state index in [1.807, 2.05) is 39.8 Å². The Morgan fingerprint density at radius 3 is 2.28 bits per heavy atom. The lowest BCUT2D eigenvalue weighted by Crippen LogP contribution is -2.49. The Morgan fingerprint density at radius 2 is 1.78 bits per heavy atom. The number of nitrogens with one attached hydrogen (secondary N) is 1. The van der Waals surface area contributed by atoms with E-state index in [1.54, 1.807) is 19.1 Å². The standard InChI is InChI=1S/C25H30ClNO5/c1-6-31-24(30)25(8-7-9-25)23(29)27-17-10-15(4)22(16(5)11-17)32-18-12-19(14(2)3)21(28)20(26)13-18/h10-14,28H,6-9H2,1-5H3,(H,27,29). The number of ether oxygens (including phenoxy) is 2. The molecule has 172 valence electrons. The predicted molar refractivity (Wildman–Crippen MR) is 125 cm³/mol. The number of hydrogen-bond acceptors (Lipinski definition) is 5. The highest BCUT2D eigenvalue weighted by molar-refractivity contribution is 6.32. The van der Waals surface area contributed by atoms with Crippen molar-refractivity contribution in [1.29, 1.82) is 0 Å². The van der Waals surface area contributed by atoms with E-state index in [-0.39, 0.29) is 29.2 Å². The Morgan fingerprint density at radius 1 is 1.16 bits per heavy atom. The fraction of sp³-hybridized carbons (Fsp3) is 0.440. The first-order valence-corrected chi connectivity index (χ1v) is 11.3. The third-order valence-corrected chi connectivity index (χ3v) is 6.22. The number of carbonyl (C=O) groups is 2. The molecule has 0 atom stereocenters. The molecule has 1 aliphatic carbocycles. The van der Waals surface area contributed by atoms with E-state index in [0.29, 0.717) is 35.6 Å². The van der Waals surface area contributed by atoms with Crippen LogP contribution in [0.1, 0.15) is 62.6 Å². The molecule has 1 saturated carbocycles. The van der Waals surface area contributed by atoms with Crippen LogP contribution in [0.3, 0.4) is 0 Å². The van der Waals surface area contributed by atoms with Gasteiger partial charge in [0.05, 0.1) is 11.6 Å². The van der Waals surface area contributed by atoms with E-state index >= 15 is 0 Å². The summed E-state index contributed by atoms with van der Waals surface area (Å²) in [7, 11) is 0. The molecule has 0 aromatic heterocycles. The van der Waals surface area contributed by atoms with Crippen molar-refractivity contribution in [3.8, 4) is 17.2 Å². The summed E-state index contributed by atoms with van der Waals surface area (Å²) >= 11 is 6.19. The van der Waals surface area contributed by atoms with Crippen molar-refractivity contribution < 1.29 is 24.2 Å². The summed E-state index contributed by atoms with van der Waals surface area (Å²) in [5.74, 6) is 0.517. The van der Waals surface area contributed by atoms with Crippen LogP contribution in [0.2, 0.25) is 5.02 Å². The van der Waals surface area contributed by atoms with E-state index < -0.39 is 11.4 Å². The molecule has 0 radical (unpaired) electrons. The zero-order valence-electron chi connectivity index (χ0n) is 19.2. The Bertz CT molecular complexity index is 1020. The number of benzene rings is 2. The smallest absolute Gasteiger partial charge is 0.321 e. The maximum Gasteiger partial charge on any atom is 0.321 e. The molecular weight excluding hydrogens is 430 g/mol. The quantitative estimate of drug-likeness (QED) is 0.377. The van der Waals surface area contributed by atoms with E-state index in [0.717, 1.165) is 17.5 Å². The molecule has 1 amide bonds. The lowest BCUT2D eigenvalue weighted by atomic mass is 9.68. The number of aromatic hydroxyl groups is 1. The Labute approximate surface area is 193 Å². The number of halogens is 1. The number of aryl methyl sites for hydroxylation is 2. The average molecular weight is 460 g/mol. The fourth-order valence-corrected chi connectivity index (χ4v) is 4.19. The van der Waals surface area contributed by atoms with Gasteiger partial charge in [0, 0.05) is 17.3 Å². The summed E-state index contributed by atoms with van der Waals surface area (Å²) in [6.45, 7) is 9.68. The summed E-state index contributed by atoms with van der Waals surface area (Å²) in [6.07, 6.45) is 1.82. The summed E-state index contributed by atoms with van der Waals surface area (Å²) in [4.78, 5) is 25.3. The van der Waals surface area contributed by atoms with E-state index in [9.17, 15) is 14.7 Å². The molecule has 0 spiro atoms. The molecule has 0 aliphatic heterocycles. The maximum absolute atomic E-state index is 12.9. The van der Waals surface area contributed by atoms with Crippen molar-refractivity contribution >= 4 is 29.2 Å². The number of amides is 1. The number of carbonyl (C=O) groups excluding carboxylic acids is 2. The van der Waals surface area contributed by atoms with E-state index in [1.165, 1.54) is 0 Å². The van der Waals surface area contributed by atoms with Crippen molar-refractivity contribution in [3.63, 3.8) is 0 Å². The first kappa shape index (κ1) is 23.9. The second-order valence-corrected chi connectivity index (χ2v) is 9.06. The van der Waals surface area contributed by atoms with Gasteiger partial charge in [0.25, 0.3) is 0 Å². The third kappa shape index (κ3) is 4.56. The largest absolute Gasteiger partial charge is 0.506 e. The molecule has 2 aromatic carbocycles. The number of esters is 1. The van der Waals surface area contributed by atoms with Gasteiger partial charge in [-0.25, -0.2) is 0 Å². The van der Waals surface area contributed by atoms with Crippen LogP contribution < -0.4 is 10.1 Å². The van der Waals surface area contributed by atoms with Crippen molar-refractivity contribution in [1.82, 2.24) is 0 Å². The molecule has 7 heteroatoms. The number of phenolic OH excluding ortho intramolecular Hbond substituents is 1. The molecule has 1 aliphatic rings. The Hall–Kier alpha value is -2.73. The van der Waals surface area contributed by atoms with Gasteiger partial charge in [-0.1, -0.05) is 31.9 Å². The predicted octanol–water partition coefficient (Wildman–Crippen LogP) is 6.25. The minimum Gasteiger partial charge on any atom is -0.506 e. The van der Waals surface area contributed by atoms with Crippen molar-refractivity contribution in [2.45, 2.75) is 59.8 Å². The zero-order valence-corrected chi connectivity index (χ0v) is 19.9. The highest BCUT2D eigenvalue weighted by Crippen LogP contribution is 2.44. The van der Waals surface area contributed by atoms with Crippen molar-refractivity contribution in [2.75, 3.05) is 11.9 Å². The van der Waals surface area contributed by atoms with Crippen LogP contribution >= 0.6 is 11.6 Å². The summed E-state index contributed by atoms with van der Waals surface area (Å²) in [6, 6.07) is 6.98. The van der Waals surface area contributed by atoms with Crippen LogP contribution in [0.4, 0.5) is 5.69 Å². The van der Waals surface area contributed by atoms with Gasteiger partial charge < -0.3 is 19.9 Å². The van der Waals surface area contributed by atoms with Gasteiger partial charge in [0.2, 0.25) is 5.91 Å². The number of phenols is 1. The van der Waals surface area contributed by atoms with Gasteiger partial charge in [-0.3, -0.25) is 9.59 Å². The second-order valence-electron chi connectivity index (χ2n) is 8.65. The third-order valence-electron chi connectivity index (χ3n) is 5.93. The van der Waals surface area contributed by atoms with Gasteiger partial charge >= 0.3 is 5.97 Å². The molecular formula is C25H30ClNO5. The van der Waals surface area contributed by atoms with Crippen LogP contribution in [0.25, 0.3) is 0 Å². The average Bonchev–Trinajstić information content (AvgIpc) is 2.66. The van der Waals surface area contributed by atoms with Crippen LogP contribution in [0.15, 0.2) is 24.3 Å². The van der Waals surface area contributed by atoms with Crippen LogP contribution in [-0.4, -0.2) is 23.6 Å². The van der Waals surface area contributed by atoms with Crippen molar-refractivity contribution in [3.05, 3.63) is 46.0 Å². The van der Waals surface area contributed by atoms with Crippen LogP contribution in [0, 0.1) is 19.3 Å². The normalized spacial score (nSPS) is 14.6. The fourth-order valence-electron chi connectivity index (χ4n) is 3.97. The first-order chi connectivity index (χ1) is 15.1. The van der Waals surface area contributed by atoms with Gasteiger partial charge in [0.1, 0.15) is 22.7 Å². The number of anilines is 1. The molecule has 3 rings (SSSR count). The van der Waals surface area contributed by atoms with E-state index in [2.05, 4.69) is 5.32 Å². The number of hydrogen-bond donors (Lipinski definition) is 2. The topological polar surface area (TPSA) is 84.9 Å². The second kappa shape index (κ2) is 9.41. The zero-order chi connectivity index (χ0) is 23.6. The summed E-state index contributed by atoms with van der Waals surface area (Å²) in [5.41, 5.74) is 1.84. The van der Waals surface area contributed by atoms with Crippen LogP contribution in [0.5, 0.6) is 17.2 Å². The van der Waals surface area contributed by atoms with Gasteiger partial charge in [0.15, 0.2) is 0 Å².